The van der Waals surface area contributed by atoms with Crippen molar-refractivity contribution in [2.45, 2.75) is 12.8 Å². The molecule has 0 bridgehead atoms. The fourth-order valence-electron chi connectivity index (χ4n) is 1.75. The van der Waals surface area contributed by atoms with Crippen LogP contribution in [-0.2, 0) is 0 Å². The van der Waals surface area contributed by atoms with E-state index in [2.05, 4.69) is 42.2 Å². The molecule has 88 valence electrons. The topological polar surface area (TPSA) is 34.1 Å². The Balaban J connectivity index is 1.88. The Morgan fingerprint density at radius 1 is 1.38 bits per heavy atom. The van der Waals surface area contributed by atoms with Crippen LogP contribution < -0.4 is 10.1 Å². The van der Waals surface area contributed by atoms with Gasteiger partial charge in [-0.1, -0.05) is 0 Å². The van der Waals surface area contributed by atoms with Gasteiger partial charge in [0, 0.05) is 10.7 Å². The van der Waals surface area contributed by atoms with Gasteiger partial charge < -0.3 is 10.1 Å². The van der Waals surface area contributed by atoms with Crippen LogP contribution in [0.1, 0.15) is 12.8 Å². The van der Waals surface area contributed by atoms with Crippen LogP contribution in [0.5, 0.6) is 5.88 Å². The van der Waals surface area contributed by atoms with Crippen molar-refractivity contribution in [1.82, 2.24) is 10.3 Å². The summed E-state index contributed by atoms with van der Waals surface area (Å²) in [5, 5.41) is 3.35. The molecule has 1 aliphatic rings. The lowest BCUT2D eigenvalue weighted by Crippen LogP contribution is -2.30. The number of rotatable bonds is 3. The molecule has 0 saturated carbocycles. The Morgan fingerprint density at radius 2 is 2.12 bits per heavy atom. The second-order valence-corrected chi connectivity index (χ2v) is 5.71. The first-order chi connectivity index (χ1) is 7.75. The molecule has 2 rings (SSSR count). The summed E-state index contributed by atoms with van der Waals surface area (Å²) < 4.78 is 7.58. The van der Waals surface area contributed by atoms with Crippen LogP contribution in [0.4, 0.5) is 0 Å². The van der Waals surface area contributed by atoms with E-state index in [1.807, 2.05) is 6.07 Å². The summed E-state index contributed by atoms with van der Waals surface area (Å²) >= 11 is 6.81. The van der Waals surface area contributed by atoms with Crippen molar-refractivity contribution in [2.75, 3.05) is 19.7 Å². The minimum absolute atomic E-state index is 0.651. The molecule has 0 unspecified atom stereocenters. The van der Waals surface area contributed by atoms with Crippen molar-refractivity contribution < 1.29 is 4.74 Å². The standard InChI is InChI=1S/C11H14Br2N2O/c12-9-5-10(13)11(15-6-9)16-7-8-1-3-14-4-2-8/h5-6,8,14H,1-4,7H2. The number of hydrogen-bond donors (Lipinski definition) is 1. The maximum atomic E-state index is 5.72. The van der Waals surface area contributed by atoms with Crippen molar-refractivity contribution in [3.63, 3.8) is 0 Å². The Morgan fingerprint density at radius 3 is 2.81 bits per heavy atom. The van der Waals surface area contributed by atoms with E-state index in [0.717, 1.165) is 28.6 Å². The van der Waals surface area contributed by atoms with Crippen molar-refractivity contribution in [2.24, 2.45) is 5.92 Å². The number of ether oxygens (including phenoxy) is 1. The van der Waals surface area contributed by atoms with Gasteiger partial charge in [-0.05, 0) is 69.8 Å². The number of piperidine rings is 1. The first-order valence-corrected chi connectivity index (χ1v) is 6.99. The second-order valence-electron chi connectivity index (χ2n) is 3.94. The smallest absolute Gasteiger partial charge is 0.228 e. The molecular formula is C11H14Br2N2O. The van der Waals surface area contributed by atoms with E-state index < -0.39 is 0 Å². The average Bonchev–Trinajstić information content (AvgIpc) is 2.29. The van der Waals surface area contributed by atoms with Crippen LogP contribution in [0.25, 0.3) is 0 Å². The molecule has 16 heavy (non-hydrogen) atoms. The van der Waals surface area contributed by atoms with Gasteiger partial charge in [0.15, 0.2) is 0 Å². The Labute approximate surface area is 112 Å². The zero-order valence-corrected chi connectivity index (χ0v) is 12.1. The van der Waals surface area contributed by atoms with Crippen molar-refractivity contribution in [3.8, 4) is 5.88 Å². The van der Waals surface area contributed by atoms with Gasteiger partial charge in [-0.15, -0.1) is 0 Å². The number of hydrogen-bond acceptors (Lipinski definition) is 3. The van der Waals surface area contributed by atoms with E-state index in [1.54, 1.807) is 6.20 Å². The molecule has 1 aliphatic heterocycles. The third-order valence-electron chi connectivity index (χ3n) is 2.69. The highest BCUT2D eigenvalue weighted by Gasteiger charge is 2.14. The molecule has 5 heteroatoms. The summed E-state index contributed by atoms with van der Waals surface area (Å²) in [4.78, 5) is 4.23. The van der Waals surface area contributed by atoms with Crippen molar-refractivity contribution in [1.29, 1.82) is 0 Å². The van der Waals surface area contributed by atoms with Gasteiger partial charge in [0.2, 0.25) is 5.88 Å². The molecule has 0 aromatic carbocycles. The van der Waals surface area contributed by atoms with Crippen LogP contribution in [0.15, 0.2) is 21.2 Å². The normalized spacial score (nSPS) is 17.4. The third-order valence-corrected chi connectivity index (χ3v) is 3.69. The molecule has 1 fully saturated rings. The SMILES string of the molecule is Brc1cnc(OCC2CCNCC2)c(Br)c1. The fourth-order valence-corrected chi connectivity index (χ4v) is 2.86. The molecule has 0 spiro atoms. The van der Waals surface area contributed by atoms with Gasteiger partial charge in [-0.25, -0.2) is 4.98 Å². The van der Waals surface area contributed by atoms with Crippen LogP contribution in [0.3, 0.4) is 0 Å². The van der Waals surface area contributed by atoms with Crippen LogP contribution in [0.2, 0.25) is 0 Å². The van der Waals surface area contributed by atoms with E-state index in [4.69, 9.17) is 4.74 Å². The number of nitrogens with zero attached hydrogens (tertiary/aromatic N) is 1. The van der Waals surface area contributed by atoms with Gasteiger partial charge in [-0.3, -0.25) is 0 Å². The van der Waals surface area contributed by atoms with Crippen LogP contribution in [0, 0.1) is 5.92 Å². The molecule has 1 aromatic rings. The van der Waals surface area contributed by atoms with Crippen molar-refractivity contribution in [3.05, 3.63) is 21.2 Å². The monoisotopic (exact) mass is 348 g/mol. The summed E-state index contributed by atoms with van der Waals surface area (Å²) in [6.07, 6.45) is 4.13. The number of pyridine rings is 1. The quantitative estimate of drug-likeness (QED) is 0.910. The highest BCUT2D eigenvalue weighted by Crippen LogP contribution is 2.26. The van der Waals surface area contributed by atoms with Gasteiger partial charge >= 0.3 is 0 Å². The zero-order valence-electron chi connectivity index (χ0n) is 8.88. The summed E-state index contributed by atoms with van der Waals surface area (Å²) in [6.45, 7) is 2.96. The summed E-state index contributed by atoms with van der Waals surface area (Å²) in [6, 6.07) is 1.95. The second kappa shape index (κ2) is 5.98. The Hall–Kier alpha value is -0.130. The number of halogens is 2. The molecule has 1 N–H and O–H groups in total. The summed E-state index contributed by atoms with van der Waals surface area (Å²) in [7, 11) is 0. The molecule has 1 aromatic heterocycles. The molecule has 0 radical (unpaired) electrons. The molecule has 1 saturated heterocycles. The lowest BCUT2D eigenvalue weighted by molar-refractivity contribution is 0.208. The minimum Gasteiger partial charge on any atom is -0.477 e. The first kappa shape index (κ1) is 12.3. The van der Waals surface area contributed by atoms with Crippen LogP contribution in [-0.4, -0.2) is 24.7 Å². The van der Waals surface area contributed by atoms with Gasteiger partial charge in [-0.2, -0.15) is 0 Å². The predicted molar refractivity (Wildman–Crippen MR) is 70.7 cm³/mol. The molecule has 0 atom stereocenters. The number of aromatic nitrogens is 1. The largest absolute Gasteiger partial charge is 0.477 e. The average molecular weight is 350 g/mol. The minimum atomic E-state index is 0.651. The van der Waals surface area contributed by atoms with E-state index >= 15 is 0 Å². The van der Waals surface area contributed by atoms with Gasteiger partial charge in [0.1, 0.15) is 0 Å². The van der Waals surface area contributed by atoms with Crippen LogP contribution >= 0.6 is 31.9 Å². The molecule has 3 nitrogen and oxygen atoms in total. The molecular weight excluding hydrogens is 336 g/mol. The third kappa shape index (κ3) is 3.43. The molecule has 0 aliphatic carbocycles. The zero-order chi connectivity index (χ0) is 11.4. The van der Waals surface area contributed by atoms with Crippen molar-refractivity contribution >= 4 is 31.9 Å². The maximum Gasteiger partial charge on any atom is 0.228 e. The summed E-state index contributed by atoms with van der Waals surface area (Å²) in [5.41, 5.74) is 0. The molecule has 0 amide bonds. The molecule has 2 heterocycles. The Bertz CT molecular complexity index is 354. The van der Waals surface area contributed by atoms with E-state index in [9.17, 15) is 0 Å². The Kier molecular flexibility index (Phi) is 4.61. The fraction of sp³-hybridized carbons (Fsp3) is 0.545. The maximum absolute atomic E-state index is 5.72. The van der Waals surface area contributed by atoms with Gasteiger partial charge in [0.25, 0.3) is 0 Å². The highest BCUT2D eigenvalue weighted by molar-refractivity contribution is 9.11. The predicted octanol–water partition coefficient (Wildman–Crippen LogP) is 2.99. The number of nitrogens with one attached hydrogen (secondary N) is 1. The van der Waals surface area contributed by atoms with E-state index in [1.165, 1.54) is 12.8 Å². The lowest BCUT2D eigenvalue weighted by Gasteiger charge is -2.22. The highest BCUT2D eigenvalue weighted by atomic mass is 79.9. The van der Waals surface area contributed by atoms with E-state index in [0.29, 0.717) is 11.8 Å². The van der Waals surface area contributed by atoms with Gasteiger partial charge in [0.05, 0.1) is 11.1 Å². The summed E-state index contributed by atoms with van der Waals surface area (Å²) in [5.74, 6) is 1.33. The van der Waals surface area contributed by atoms with E-state index in [-0.39, 0.29) is 0 Å². The lowest BCUT2D eigenvalue weighted by atomic mass is 9.99. The first-order valence-electron chi connectivity index (χ1n) is 5.40.